The van der Waals surface area contributed by atoms with E-state index in [0.717, 1.165) is 18.6 Å². The molecule has 0 aromatic carbocycles. The van der Waals surface area contributed by atoms with Crippen LogP contribution in [0.2, 0.25) is 0 Å². The Labute approximate surface area is 89.1 Å². The highest BCUT2D eigenvalue weighted by Crippen LogP contribution is 2.16. The summed E-state index contributed by atoms with van der Waals surface area (Å²) in [5, 5.41) is 3.55. The van der Waals surface area contributed by atoms with Crippen LogP contribution < -0.4 is 5.32 Å². The van der Waals surface area contributed by atoms with Gasteiger partial charge in [-0.1, -0.05) is 20.8 Å². The number of nitrogens with one attached hydrogen (secondary N) is 1. The zero-order chi connectivity index (χ0) is 10.4. The second-order valence-corrected chi connectivity index (χ2v) is 4.34. The molecule has 0 radical (unpaired) electrons. The standard InChI is InChI=1S/C12H26N2/c1-4-12(5-2)14-9-7-11(8-10-14)13-6-3/h11-13H,4-10H2,1-3H3. The summed E-state index contributed by atoms with van der Waals surface area (Å²) in [6.07, 6.45) is 5.29. The van der Waals surface area contributed by atoms with E-state index in [0.29, 0.717) is 0 Å². The largest absolute Gasteiger partial charge is 0.314 e. The lowest BCUT2D eigenvalue weighted by molar-refractivity contribution is 0.137. The minimum atomic E-state index is 0.783. The summed E-state index contributed by atoms with van der Waals surface area (Å²) >= 11 is 0. The molecule has 14 heavy (non-hydrogen) atoms. The predicted octanol–water partition coefficient (Wildman–Crippen LogP) is 2.25. The number of rotatable bonds is 5. The Hall–Kier alpha value is -0.0800. The molecule has 0 spiro atoms. The molecule has 0 bridgehead atoms. The monoisotopic (exact) mass is 198 g/mol. The SMILES string of the molecule is CCNC1CCN(C(CC)CC)CC1. The number of piperidine rings is 1. The first kappa shape index (κ1) is 12.0. The van der Waals surface area contributed by atoms with Crippen molar-refractivity contribution >= 4 is 0 Å². The van der Waals surface area contributed by atoms with Gasteiger partial charge in [0.2, 0.25) is 0 Å². The van der Waals surface area contributed by atoms with Crippen LogP contribution in [0.3, 0.4) is 0 Å². The maximum Gasteiger partial charge on any atom is 0.00912 e. The number of hydrogen-bond donors (Lipinski definition) is 1. The van der Waals surface area contributed by atoms with Gasteiger partial charge in [-0.15, -0.1) is 0 Å². The molecule has 1 aliphatic heterocycles. The van der Waals surface area contributed by atoms with Crippen LogP contribution in [0.25, 0.3) is 0 Å². The molecule has 1 heterocycles. The summed E-state index contributed by atoms with van der Waals surface area (Å²) in [7, 11) is 0. The molecule has 0 amide bonds. The van der Waals surface area contributed by atoms with Crippen LogP contribution in [0.5, 0.6) is 0 Å². The first-order valence-corrected chi connectivity index (χ1v) is 6.29. The molecule has 0 unspecified atom stereocenters. The van der Waals surface area contributed by atoms with Crippen molar-refractivity contribution in [1.29, 1.82) is 0 Å². The summed E-state index contributed by atoms with van der Waals surface area (Å²) < 4.78 is 0. The van der Waals surface area contributed by atoms with Gasteiger partial charge in [0.1, 0.15) is 0 Å². The lowest BCUT2D eigenvalue weighted by Crippen LogP contribution is -2.46. The predicted molar refractivity (Wildman–Crippen MR) is 62.6 cm³/mol. The molecule has 1 N–H and O–H groups in total. The highest BCUT2D eigenvalue weighted by atomic mass is 15.2. The molecule has 1 saturated heterocycles. The second kappa shape index (κ2) is 6.41. The first-order chi connectivity index (χ1) is 6.81. The van der Waals surface area contributed by atoms with Crippen LogP contribution in [-0.4, -0.2) is 36.6 Å². The van der Waals surface area contributed by atoms with Crippen molar-refractivity contribution in [3.8, 4) is 0 Å². The fourth-order valence-corrected chi connectivity index (χ4v) is 2.56. The number of hydrogen-bond acceptors (Lipinski definition) is 2. The van der Waals surface area contributed by atoms with E-state index >= 15 is 0 Å². The van der Waals surface area contributed by atoms with Gasteiger partial charge in [-0.05, 0) is 45.3 Å². The van der Waals surface area contributed by atoms with Gasteiger partial charge in [0, 0.05) is 12.1 Å². The average molecular weight is 198 g/mol. The van der Waals surface area contributed by atoms with E-state index in [-0.39, 0.29) is 0 Å². The highest BCUT2D eigenvalue weighted by molar-refractivity contribution is 4.80. The molecule has 0 aromatic heterocycles. The number of likely N-dealkylation sites (tertiary alicyclic amines) is 1. The van der Waals surface area contributed by atoms with Gasteiger partial charge in [0.05, 0.1) is 0 Å². The topological polar surface area (TPSA) is 15.3 Å². The zero-order valence-corrected chi connectivity index (χ0v) is 10.1. The summed E-state index contributed by atoms with van der Waals surface area (Å²) in [6, 6.07) is 1.61. The van der Waals surface area contributed by atoms with Gasteiger partial charge in [-0.25, -0.2) is 0 Å². The Balaban J connectivity index is 2.27. The fourth-order valence-electron chi connectivity index (χ4n) is 2.56. The van der Waals surface area contributed by atoms with E-state index in [9.17, 15) is 0 Å². The van der Waals surface area contributed by atoms with Crippen LogP contribution in [0.15, 0.2) is 0 Å². The Bertz CT molecular complexity index is 135. The Morgan fingerprint density at radius 3 is 2.14 bits per heavy atom. The molecule has 0 aliphatic carbocycles. The van der Waals surface area contributed by atoms with Crippen molar-refractivity contribution in [2.45, 2.75) is 58.5 Å². The normalized spacial score (nSPS) is 20.6. The molecule has 0 atom stereocenters. The summed E-state index contributed by atoms with van der Waals surface area (Å²) in [5.41, 5.74) is 0. The van der Waals surface area contributed by atoms with Gasteiger partial charge in [0.15, 0.2) is 0 Å². The van der Waals surface area contributed by atoms with E-state index in [1.807, 2.05) is 0 Å². The average Bonchev–Trinajstić information content (AvgIpc) is 2.23. The maximum absolute atomic E-state index is 3.55. The van der Waals surface area contributed by atoms with E-state index in [1.165, 1.54) is 38.8 Å². The lowest BCUT2D eigenvalue weighted by atomic mass is 10.0. The molecular formula is C12H26N2. The number of nitrogens with zero attached hydrogens (tertiary/aromatic N) is 1. The molecule has 1 aliphatic rings. The van der Waals surface area contributed by atoms with Crippen LogP contribution in [-0.2, 0) is 0 Å². The van der Waals surface area contributed by atoms with Crippen LogP contribution in [0.1, 0.15) is 46.5 Å². The Morgan fingerprint density at radius 2 is 1.71 bits per heavy atom. The van der Waals surface area contributed by atoms with Crippen molar-refractivity contribution in [1.82, 2.24) is 10.2 Å². The van der Waals surface area contributed by atoms with Gasteiger partial charge in [0.25, 0.3) is 0 Å². The first-order valence-electron chi connectivity index (χ1n) is 6.29. The minimum absolute atomic E-state index is 0.783. The summed E-state index contributed by atoms with van der Waals surface area (Å²) in [4.78, 5) is 2.67. The maximum atomic E-state index is 3.55. The van der Waals surface area contributed by atoms with E-state index in [2.05, 4.69) is 31.0 Å². The molecule has 0 saturated carbocycles. The summed E-state index contributed by atoms with van der Waals surface area (Å²) in [6.45, 7) is 10.5. The van der Waals surface area contributed by atoms with Crippen LogP contribution >= 0.6 is 0 Å². The van der Waals surface area contributed by atoms with Crippen LogP contribution in [0, 0.1) is 0 Å². The van der Waals surface area contributed by atoms with Crippen molar-refractivity contribution in [2.24, 2.45) is 0 Å². The van der Waals surface area contributed by atoms with Crippen molar-refractivity contribution in [3.05, 3.63) is 0 Å². The Kier molecular flexibility index (Phi) is 5.49. The second-order valence-electron chi connectivity index (χ2n) is 4.34. The molecule has 1 fully saturated rings. The third-order valence-electron chi connectivity index (χ3n) is 3.48. The van der Waals surface area contributed by atoms with Gasteiger partial charge < -0.3 is 10.2 Å². The zero-order valence-electron chi connectivity index (χ0n) is 10.1. The minimum Gasteiger partial charge on any atom is -0.314 e. The van der Waals surface area contributed by atoms with Gasteiger partial charge >= 0.3 is 0 Å². The molecule has 84 valence electrons. The van der Waals surface area contributed by atoms with E-state index in [1.54, 1.807) is 0 Å². The molecule has 0 aromatic rings. The lowest BCUT2D eigenvalue weighted by Gasteiger charge is -2.37. The molecule has 2 heteroatoms. The van der Waals surface area contributed by atoms with Crippen LogP contribution in [0.4, 0.5) is 0 Å². The third kappa shape index (κ3) is 3.25. The smallest absolute Gasteiger partial charge is 0.00912 e. The van der Waals surface area contributed by atoms with E-state index < -0.39 is 0 Å². The molecule has 2 nitrogen and oxygen atoms in total. The van der Waals surface area contributed by atoms with Crippen molar-refractivity contribution in [3.63, 3.8) is 0 Å². The fraction of sp³-hybridized carbons (Fsp3) is 1.00. The third-order valence-corrected chi connectivity index (χ3v) is 3.48. The molecular weight excluding hydrogens is 172 g/mol. The van der Waals surface area contributed by atoms with Gasteiger partial charge in [-0.2, -0.15) is 0 Å². The summed E-state index contributed by atoms with van der Waals surface area (Å²) in [5.74, 6) is 0. The Morgan fingerprint density at radius 1 is 1.14 bits per heavy atom. The highest BCUT2D eigenvalue weighted by Gasteiger charge is 2.22. The molecule has 1 rings (SSSR count). The quantitative estimate of drug-likeness (QED) is 0.729. The van der Waals surface area contributed by atoms with E-state index in [4.69, 9.17) is 0 Å². The van der Waals surface area contributed by atoms with Gasteiger partial charge in [-0.3, -0.25) is 0 Å². The van der Waals surface area contributed by atoms with Crippen molar-refractivity contribution < 1.29 is 0 Å². The van der Waals surface area contributed by atoms with Crippen molar-refractivity contribution in [2.75, 3.05) is 19.6 Å².